The first kappa shape index (κ1) is 21.9. The number of para-hydroxylation sites is 1. The van der Waals surface area contributed by atoms with Crippen LogP contribution in [0, 0.1) is 15.9 Å². The minimum Gasteiger partial charge on any atom is -0.366 e. The first-order valence-electron chi connectivity index (χ1n) is 10.3. The molecule has 10 nitrogen and oxygen atoms in total. The number of anilines is 5. The SMILES string of the molecule is CC(=O)Nc1ccc(Nc2ncnc(N3CCN(c4ccccc4F)CC3)c2[N+](=O)[O-])cc1. The van der Waals surface area contributed by atoms with Gasteiger partial charge in [0.15, 0.2) is 0 Å². The van der Waals surface area contributed by atoms with Crippen molar-refractivity contribution in [1.29, 1.82) is 0 Å². The van der Waals surface area contributed by atoms with Crippen molar-refractivity contribution in [2.45, 2.75) is 6.92 Å². The number of carbonyl (C=O) groups excluding carboxylic acids is 1. The lowest BCUT2D eigenvalue weighted by Gasteiger charge is -2.36. The average Bonchev–Trinajstić information content (AvgIpc) is 2.80. The van der Waals surface area contributed by atoms with Gasteiger partial charge in [0.2, 0.25) is 17.5 Å². The third-order valence-electron chi connectivity index (χ3n) is 5.23. The molecule has 0 unspecified atom stereocenters. The van der Waals surface area contributed by atoms with Crippen LogP contribution in [0.5, 0.6) is 0 Å². The Kier molecular flexibility index (Phi) is 6.29. The number of amides is 1. The quantitative estimate of drug-likeness (QED) is 0.432. The summed E-state index contributed by atoms with van der Waals surface area (Å²) in [5.74, 6) is -0.216. The van der Waals surface area contributed by atoms with Crippen LogP contribution < -0.4 is 20.4 Å². The number of rotatable bonds is 6. The van der Waals surface area contributed by atoms with Gasteiger partial charge in [-0.3, -0.25) is 14.9 Å². The van der Waals surface area contributed by atoms with Crippen molar-refractivity contribution in [3.63, 3.8) is 0 Å². The van der Waals surface area contributed by atoms with E-state index in [0.717, 1.165) is 0 Å². The van der Waals surface area contributed by atoms with E-state index in [1.54, 1.807) is 42.5 Å². The molecule has 1 aliphatic heterocycles. The van der Waals surface area contributed by atoms with Gasteiger partial charge >= 0.3 is 5.69 Å². The predicted molar refractivity (Wildman–Crippen MR) is 124 cm³/mol. The highest BCUT2D eigenvalue weighted by molar-refractivity contribution is 5.89. The first-order valence-corrected chi connectivity index (χ1v) is 10.3. The Morgan fingerprint density at radius 1 is 1.00 bits per heavy atom. The minimum atomic E-state index is -0.507. The molecular formula is C22H22FN7O3. The summed E-state index contributed by atoms with van der Waals surface area (Å²) in [6.07, 6.45) is 1.28. The molecule has 1 fully saturated rings. The fourth-order valence-electron chi connectivity index (χ4n) is 3.70. The van der Waals surface area contributed by atoms with E-state index in [2.05, 4.69) is 20.6 Å². The molecule has 0 saturated carbocycles. The zero-order valence-electron chi connectivity index (χ0n) is 17.9. The molecule has 0 spiro atoms. The van der Waals surface area contributed by atoms with Crippen molar-refractivity contribution in [2.24, 2.45) is 0 Å². The van der Waals surface area contributed by atoms with Crippen LogP contribution in [0.1, 0.15) is 6.92 Å². The number of nitro groups is 1. The number of benzene rings is 2. The van der Waals surface area contributed by atoms with Gasteiger partial charge in [0.25, 0.3) is 0 Å². The highest BCUT2D eigenvalue weighted by Gasteiger charge is 2.30. The molecule has 11 heteroatoms. The summed E-state index contributed by atoms with van der Waals surface area (Å²) in [7, 11) is 0. The summed E-state index contributed by atoms with van der Waals surface area (Å²) in [6, 6.07) is 13.3. The van der Waals surface area contributed by atoms with Crippen molar-refractivity contribution in [1.82, 2.24) is 9.97 Å². The van der Waals surface area contributed by atoms with Crippen LogP contribution in [0.25, 0.3) is 0 Å². The van der Waals surface area contributed by atoms with Crippen molar-refractivity contribution in [2.75, 3.05) is 46.6 Å². The van der Waals surface area contributed by atoms with Crippen molar-refractivity contribution in [3.8, 4) is 0 Å². The van der Waals surface area contributed by atoms with Crippen LogP contribution in [0.15, 0.2) is 54.9 Å². The maximum Gasteiger partial charge on any atom is 0.353 e. The molecule has 1 aromatic heterocycles. The molecule has 33 heavy (non-hydrogen) atoms. The monoisotopic (exact) mass is 451 g/mol. The Hall–Kier alpha value is -4.28. The van der Waals surface area contributed by atoms with Gasteiger partial charge < -0.3 is 20.4 Å². The predicted octanol–water partition coefficient (Wildman–Crippen LogP) is 3.55. The Balaban J connectivity index is 1.53. The molecule has 0 bridgehead atoms. The summed E-state index contributed by atoms with van der Waals surface area (Å²) in [5.41, 5.74) is 1.46. The zero-order chi connectivity index (χ0) is 23.4. The second-order valence-electron chi connectivity index (χ2n) is 7.46. The first-order chi connectivity index (χ1) is 15.9. The Bertz CT molecular complexity index is 1160. The van der Waals surface area contributed by atoms with Gasteiger partial charge in [0, 0.05) is 44.5 Å². The number of piperazine rings is 1. The molecule has 2 N–H and O–H groups in total. The zero-order valence-corrected chi connectivity index (χ0v) is 17.9. The van der Waals surface area contributed by atoms with Crippen molar-refractivity contribution >= 4 is 40.3 Å². The second kappa shape index (κ2) is 9.47. The third kappa shape index (κ3) is 4.97. The second-order valence-corrected chi connectivity index (χ2v) is 7.46. The maximum absolute atomic E-state index is 14.1. The standard InChI is InChI=1S/C22H22FN7O3/c1-15(31)26-16-6-8-17(9-7-16)27-21-20(30(32)33)22(25-14-24-21)29-12-10-28(11-13-29)19-5-3-2-4-18(19)23/h2-9,14H,10-13H2,1H3,(H,26,31)(H,24,25,27). The number of carbonyl (C=O) groups is 1. The lowest BCUT2D eigenvalue weighted by atomic mass is 10.2. The Morgan fingerprint density at radius 2 is 1.64 bits per heavy atom. The normalized spacial score (nSPS) is 13.5. The molecule has 0 atom stereocenters. The molecule has 0 radical (unpaired) electrons. The molecule has 1 amide bonds. The van der Waals surface area contributed by atoms with Crippen molar-refractivity contribution < 1.29 is 14.1 Å². The van der Waals surface area contributed by atoms with E-state index in [1.165, 1.54) is 19.3 Å². The number of hydrogen-bond donors (Lipinski definition) is 2. The summed E-state index contributed by atoms with van der Waals surface area (Å²) in [6.45, 7) is 3.28. The van der Waals surface area contributed by atoms with Gasteiger partial charge in [0.1, 0.15) is 12.1 Å². The molecule has 1 aliphatic rings. The third-order valence-corrected chi connectivity index (χ3v) is 5.23. The number of nitrogens with one attached hydrogen (secondary N) is 2. The number of nitrogens with zero attached hydrogens (tertiary/aromatic N) is 5. The Labute approximate surface area is 189 Å². The number of aromatic nitrogens is 2. The summed E-state index contributed by atoms with van der Waals surface area (Å²) in [5, 5.41) is 17.6. The van der Waals surface area contributed by atoms with E-state index in [1.807, 2.05) is 9.80 Å². The molecule has 170 valence electrons. The lowest BCUT2D eigenvalue weighted by molar-refractivity contribution is -0.383. The molecule has 2 aromatic carbocycles. The van der Waals surface area contributed by atoms with Gasteiger partial charge in [-0.1, -0.05) is 12.1 Å². The van der Waals surface area contributed by atoms with Crippen LogP contribution in [0.2, 0.25) is 0 Å². The van der Waals surface area contributed by atoms with Crippen molar-refractivity contribution in [3.05, 3.63) is 70.8 Å². The fraction of sp³-hybridized carbons (Fsp3) is 0.227. The van der Waals surface area contributed by atoms with Crippen LogP contribution >= 0.6 is 0 Å². The summed E-state index contributed by atoms with van der Waals surface area (Å²) in [4.78, 5) is 34.6. The van der Waals surface area contributed by atoms with E-state index in [9.17, 15) is 19.3 Å². The van der Waals surface area contributed by atoms with Gasteiger partial charge in [-0.2, -0.15) is 0 Å². The molecule has 3 aromatic rings. The number of hydrogen-bond acceptors (Lipinski definition) is 8. The molecular weight excluding hydrogens is 429 g/mol. The van der Waals surface area contributed by atoms with Crippen LogP contribution in [-0.4, -0.2) is 47.0 Å². The van der Waals surface area contributed by atoms with Gasteiger partial charge in [-0.25, -0.2) is 14.4 Å². The van der Waals surface area contributed by atoms with E-state index in [0.29, 0.717) is 43.2 Å². The van der Waals surface area contributed by atoms with Gasteiger partial charge in [-0.15, -0.1) is 0 Å². The summed E-state index contributed by atoms with van der Waals surface area (Å²) >= 11 is 0. The smallest absolute Gasteiger partial charge is 0.353 e. The summed E-state index contributed by atoms with van der Waals surface area (Å²) < 4.78 is 14.1. The fourth-order valence-corrected chi connectivity index (χ4v) is 3.70. The van der Waals surface area contributed by atoms with Crippen LogP contribution in [0.3, 0.4) is 0 Å². The lowest BCUT2D eigenvalue weighted by Crippen LogP contribution is -2.47. The molecule has 1 saturated heterocycles. The van der Waals surface area contributed by atoms with Gasteiger partial charge in [0.05, 0.1) is 10.6 Å². The highest BCUT2D eigenvalue weighted by atomic mass is 19.1. The van der Waals surface area contributed by atoms with E-state index >= 15 is 0 Å². The van der Waals surface area contributed by atoms with Crippen LogP contribution in [0.4, 0.5) is 38.8 Å². The van der Waals surface area contributed by atoms with Crippen LogP contribution in [-0.2, 0) is 4.79 Å². The molecule has 4 rings (SSSR count). The topological polar surface area (TPSA) is 117 Å². The molecule has 2 heterocycles. The number of halogens is 1. The van der Waals surface area contributed by atoms with E-state index < -0.39 is 4.92 Å². The van der Waals surface area contributed by atoms with E-state index in [-0.39, 0.29) is 29.0 Å². The average molecular weight is 451 g/mol. The Morgan fingerprint density at radius 3 is 2.27 bits per heavy atom. The molecule has 0 aliphatic carbocycles. The van der Waals surface area contributed by atoms with Gasteiger partial charge in [-0.05, 0) is 36.4 Å². The highest BCUT2D eigenvalue weighted by Crippen LogP contribution is 2.34. The maximum atomic E-state index is 14.1. The van der Waals surface area contributed by atoms with E-state index in [4.69, 9.17) is 0 Å². The largest absolute Gasteiger partial charge is 0.366 e. The minimum absolute atomic E-state index is 0.0637.